The molecule has 1 aliphatic rings. The van der Waals surface area contributed by atoms with E-state index < -0.39 is 28.7 Å². The molecular weight excluding hydrogens is 401 g/mol. The molecule has 1 aliphatic heterocycles. The molecule has 148 valence electrons. The van der Waals surface area contributed by atoms with Crippen LogP contribution >= 0.6 is 11.3 Å². The van der Waals surface area contributed by atoms with E-state index in [0.29, 0.717) is 36.1 Å². The zero-order valence-corrected chi connectivity index (χ0v) is 15.9. The third-order valence-electron chi connectivity index (χ3n) is 4.62. The Kier molecular flexibility index (Phi) is 5.80. The molecule has 1 saturated heterocycles. The van der Waals surface area contributed by atoms with E-state index in [1.165, 1.54) is 39.9 Å². The summed E-state index contributed by atoms with van der Waals surface area (Å²) in [5.41, 5.74) is -2.31. The van der Waals surface area contributed by atoms with Crippen molar-refractivity contribution in [1.82, 2.24) is 4.31 Å². The minimum absolute atomic E-state index is 0.192. The predicted octanol–water partition coefficient (Wildman–Crippen LogP) is 2.68. The maximum atomic E-state index is 12.9. The first-order valence-electron chi connectivity index (χ1n) is 8.24. The van der Waals surface area contributed by atoms with E-state index in [2.05, 4.69) is 0 Å². The Labute approximate surface area is 159 Å². The predicted molar refractivity (Wildman–Crippen MR) is 97.6 cm³/mol. The second kappa shape index (κ2) is 7.78. The summed E-state index contributed by atoms with van der Waals surface area (Å²) >= 11 is 1.17. The van der Waals surface area contributed by atoms with Crippen LogP contribution in [0.4, 0.5) is 18.9 Å². The number of rotatable bonds is 6. The molecule has 0 amide bonds. The van der Waals surface area contributed by atoms with E-state index in [9.17, 15) is 26.7 Å². The van der Waals surface area contributed by atoms with Crippen LogP contribution in [0.5, 0.6) is 0 Å². The summed E-state index contributed by atoms with van der Waals surface area (Å²) in [4.78, 5) is 1.92. The fraction of sp³-hybridized carbons (Fsp3) is 0.412. The van der Waals surface area contributed by atoms with Crippen molar-refractivity contribution in [2.24, 2.45) is 0 Å². The molecule has 1 unspecified atom stereocenters. The van der Waals surface area contributed by atoms with E-state index in [1.807, 2.05) is 4.90 Å². The largest absolute Gasteiger partial charge is 0.377 e. The molecule has 0 aliphatic carbocycles. The standard InChI is InChI=1S/C17H19F3N2O3S2/c18-12-17(23,16(19)20)13-3-5-14(6-4-13)21-7-9-22(10-8-21)27(24,25)15-2-1-11-26-15/h1-6,11,16,23H,7-10,12H2. The number of piperazine rings is 1. The summed E-state index contributed by atoms with van der Waals surface area (Å²) in [7, 11) is -3.50. The molecule has 2 heterocycles. The highest BCUT2D eigenvalue weighted by Crippen LogP contribution is 2.31. The fourth-order valence-electron chi connectivity index (χ4n) is 2.95. The summed E-state index contributed by atoms with van der Waals surface area (Å²) in [6, 6.07) is 8.86. The molecule has 27 heavy (non-hydrogen) atoms. The second-order valence-electron chi connectivity index (χ2n) is 6.23. The number of aliphatic hydroxyl groups is 1. The van der Waals surface area contributed by atoms with Crippen molar-refractivity contribution < 1.29 is 26.7 Å². The van der Waals surface area contributed by atoms with Gasteiger partial charge in [0, 0.05) is 31.9 Å². The average molecular weight is 420 g/mol. The van der Waals surface area contributed by atoms with Crippen LogP contribution in [-0.4, -0.2) is 57.1 Å². The molecule has 1 fully saturated rings. The van der Waals surface area contributed by atoms with Crippen LogP contribution < -0.4 is 4.90 Å². The summed E-state index contributed by atoms with van der Waals surface area (Å²) < 4.78 is 65.5. The van der Waals surface area contributed by atoms with Crippen LogP contribution in [0.15, 0.2) is 46.0 Å². The van der Waals surface area contributed by atoms with Gasteiger partial charge in [-0.1, -0.05) is 18.2 Å². The van der Waals surface area contributed by atoms with Gasteiger partial charge in [0.15, 0.2) is 5.60 Å². The molecule has 1 atom stereocenters. The maximum Gasteiger partial charge on any atom is 0.273 e. The van der Waals surface area contributed by atoms with Crippen LogP contribution in [0, 0.1) is 0 Å². The lowest BCUT2D eigenvalue weighted by Gasteiger charge is -2.35. The van der Waals surface area contributed by atoms with E-state index >= 15 is 0 Å². The lowest BCUT2D eigenvalue weighted by Crippen LogP contribution is -2.48. The zero-order valence-electron chi connectivity index (χ0n) is 14.3. The number of hydrogen-bond donors (Lipinski definition) is 1. The number of hydrogen-bond acceptors (Lipinski definition) is 5. The Hall–Kier alpha value is -1.62. The Balaban J connectivity index is 1.68. The van der Waals surface area contributed by atoms with Gasteiger partial charge in [-0.25, -0.2) is 21.6 Å². The summed E-state index contributed by atoms with van der Waals surface area (Å²) in [6.45, 7) is -0.109. The Morgan fingerprint density at radius 3 is 2.22 bits per heavy atom. The lowest BCUT2D eigenvalue weighted by molar-refractivity contribution is -0.114. The normalized spacial score (nSPS) is 18.6. The third-order valence-corrected chi connectivity index (χ3v) is 7.90. The third kappa shape index (κ3) is 3.84. The molecule has 5 nitrogen and oxygen atoms in total. The Morgan fingerprint density at radius 1 is 1.11 bits per heavy atom. The maximum absolute atomic E-state index is 12.9. The first-order valence-corrected chi connectivity index (χ1v) is 10.6. The molecular formula is C17H19F3N2O3S2. The van der Waals surface area contributed by atoms with E-state index in [4.69, 9.17) is 0 Å². The molecule has 1 aromatic carbocycles. The van der Waals surface area contributed by atoms with Gasteiger partial charge in [-0.15, -0.1) is 11.3 Å². The van der Waals surface area contributed by atoms with Crippen LogP contribution in [0.1, 0.15) is 5.56 Å². The minimum atomic E-state index is -3.50. The number of benzene rings is 1. The number of halogens is 3. The van der Waals surface area contributed by atoms with Crippen LogP contribution in [0.25, 0.3) is 0 Å². The number of sulfonamides is 1. The number of alkyl halides is 3. The van der Waals surface area contributed by atoms with Gasteiger partial charge in [0.05, 0.1) is 0 Å². The van der Waals surface area contributed by atoms with Gasteiger partial charge in [0.1, 0.15) is 10.9 Å². The average Bonchev–Trinajstić information content (AvgIpc) is 3.23. The molecule has 1 aromatic heterocycles. The van der Waals surface area contributed by atoms with Crippen LogP contribution in [0.3, 0.4) is 0 Å². The van der Waals surface area contributed by atoms with E-state index in [0.717, 1.165) is 0 Å². The molecule has 1 N–H and O–H groups in total. The van der Waals surface area contributed by atoms with E-state index in [-0.39, 0.29) is 5.56 Å². The lowest BCUT2D eigenvalue weighted by atomic mass is 9.95. The SMILES string of the molecule is O=S(=O)(c1cccs1)N1CCN(c2ccc(C(O)(CF)C(F)F)cc2)CC1. The highest BCUT2D eigenvalue weighted by molar-refractivity contribution is 7.91. The van der Waals surface area contributed by atoms with Gasteiger partial charge in [-0.2, -0.15) is 4.31 Å². The van der Waals surface area contributed by atoms with Crippen molar-refractivity contribution in [3.05, 3.63) is 47.3 Å². The van der Waals surface area contributed by atoms with Gasteiger partial charge in [-0.05, 0) is 29.1 Å². The van der Waals surface area contributed by atoms with Crippen molar-refractivity contribution in [3.63, 3.8) is 0 Å². The molecule has 2 aromatic rings. The number of anilines is 1. The second-order valence-corrected chi connectivity index (χ2v) is 9.34. The first kappa shape index (κ1) is 20.1. The summed E-state index contributed by atoms with van der Waals surface area (Å²) in [5, 5.41) is 11.5. The highest BCUT2D eigenvalue weighted by Gasteiger charge is 2.40. The molecule has 0 spiro atoms. The van der Waals surface area contributed by atoms with Crippen molar-refractivity contribution in [1.29, 1.82) is 0 Å². The van der Waals surface area contributed by atoms with Crippen LogP contribution in [-0.2, 0) is 15.6 Å². The topological polar surface area (TPSA) is 60.9 Å². The van der Waals surface area contributed by atoms with Gasteiger partial charge < -0.3 is 10.0 Å². The monoisotopic (exact) mass is 420 g/mol. The van der Waals surface area contributed by atoms with Crippen molar-refractivity contribution in [2.45, 2.75) is 16.2 Å². The molecule has 10 heteroatoms. The van der Waals surface area contributed by atoms with Crippen LogP contribution in [0.2, 0.25) is 0 Å². The molecule has 0 radical (unpaired) electrons. The van der Waals surface area contributed by atoms with Crippen molar-refractivity contribution in [2.75, 3.05) is 37.8 Å². The summed E-state index contributed by atoms with van der Waals surface area (Å²) in [5.74, 6) is 0. The Bertz CT molecular complexity index is 852. The fourth-order valence-corrected chi connectivity index (χ4v) is 5.51. The zero-order chi connectivity index (χ0) is 19.7. The smallest absolute Gasteiger partial charge is 0.273 e. The van der Waals surface area contributed by atoms with Crippen molar-refractivity contribution in [3.8, 4) is 0 Å². The number of thiophene rings is 1. The van der Waals surface area contributed by atoms with Gasteiger partial charge in [0.2, 0.25) is 0 Å². The highest BCUT2D eigenvalue weighted by atomic mass is 32.2. The molecule has 0 saturated carbocycles. The quantitative estimate of drug-likeness (QED) is 0.781. The Morgan fingerprint density at radius 2 is 1.74 bits per heavy atom. The van der Waals surface area contributed by atoms with Crippen molar-refractivity contribution >= 4 is 27.0 Å². The molecule has 3 rings (SSSR count). The number of nitrogens with zero attached hydrogens (tertiary/aromatic N) is 2. The van der Waals surface area contributed by atoms with Gasteiger partial charge in [-0.3, -0.25) is 0 Å². The molecule has 0 bridgehead atoms. The first-order chi connectivity index (χ1) is 12.8. The van der Waals surface area contributed by atoms with Gasteiger partial charge >= 0.3 is 0 Å². The van der Waals surface area contributed by atoms with Gasteiger partial charge in [0.25, 0.3) is 16.4 Å². The minimum Gasteiger partial charge on any atom is -0.377 e. The summed E-state index contributed by atoms with van der Waals surface area (Å²) in [6.07, 6.45) is -3.24. The van der Waals surface area contributed by atoms with E-state index in [1.54, 1.807) is 17.5 Å².